The predicted molar refractivity (Wildman–Crippen MR) is 139 cm³/mol. The van der Waals surface area contributed by atoms with Gasteiger partial charge < -0.3 is 19.2 Å². The van der Waals surface area contributed by atoms with Gasteiger partial charge >= 0.3 is 5.97 Å². The maximum absolute atomic E-state index is 12.9. The molecule has 4 aromatic rings. The number of carbonyl (C=O) groups excluding carboxylic acids is 2. The number of benzene rings is 3. The number of aryl methyl sites for hydroxylation is 1. The van der Waals surface area contributed by atoms with E-state index in [2.05, 4.69) is 9.97 Å². The third-order valence-electron chi connectivity index (χ3n) is 5.85. The van der Waals surface area contributed by atoms with Crippen LogP contribution in [0.15, 0.2) is 71.5 Å². The summed E-state index contributed by atoms with van der Waals surface area (Å²) in [5, 5.41) is 0.393. The highest BCUT2D eigenvalue weighted by molar-refractivity contribution is 5.94. The van der Waals surface area contributed by atoms with Gasteiger partial charge in [0.05, 0.1) is 43.4 Å². The van der Waals surface area contributed by atoms with Crippen LogP contribution >= 0.6 is 0 Å². The molecule has 3 aromatic carbocycles. The molecular weight excluding hydrogens is 472 g/mol. The first kappa shape index (κ1) is 25.8. The predicted octanol–water partition coefficient (Wildman–Crippen LogP) is 4.64. The topological polar surface area (TPSA) is 108 Å². The van der Waals surface area contributed by atoms with Gasteiger partial charge in [0.25, 0.3) is 5.56 Å². The van der Waals surface area contributed by atoms with Gasteiger partial charge in [-0.3, -0.25) is 9.59 Å². The number of nitrogens with zero attached hydrogens (tertiary/aromatic N) is 1. The Labute approximate surface area is 214 Å². The van der Waals surface area contributed by atoms with Crippen LogP contribution in [0, 0.1) is 0 Å². The lowest BCUT2D eigenvalue weighted by Crippen LogP contribution is -2.17. The number of aromatic nitrogens is 2. The molecular formula is C29H28N2O6. The molecule has 8 nitrogen and oxygen atoms in total. The van der Waals surface area contributed by atoms with Crippen LogP contribution in [-0.2, 0) is 29.1 Å². The number of ketones is 1. The Morgan fingerprint density at radius 3 is 2.49 bits per heavy atom. The normalized spacial score (nSPS) is 10.9. The monoisotopic (exact) mass is 500 g/mol. The summed E-state index contributed by atoms with van der Waals surface area (Å²) in [6, 6.07) is 19.8. The molecule has 0 atom stereocenters. The molecule has 0 radical (unpaired) electrons. The molecule has 4 rings (SSSR count). The quantitative estimate of drug-likeness (QED) is 0.236. The number of rotatable bonds is 11. The number of hydrogen-bond donors (Lipinski definition) is 1. The number of H-pyrrole nitrogens is 1. The highest BCUT2D eigenvalue weighted by Crippen LogP contribution is 2.17. The lowest BCUT2D eigenvalue weighted by molar-refractivity contribution is 0.0526. The van der Waals surface area contributed by atoms with Gasteiger partial charge in [-0.2, -0.15) is 0 Å². The van der Waals surface area contributed by atoms with Crippen molar-refractivity contribution in [3.8, 4) is 5.75 Å². The summed E-state index contributed by atoms with van der Waals surface area (Å²) in [6.45, 7) is 2.56. The van der Waals surface area contributed by atoms with Crippen LogP contribution in [0.2, 0.25) is 0 Å². The highest BCUT2D eigenvalue weighted by Gasteiger charge is 2.14. The van der Waals surface area contributed by atoms with Gasteiger partial charge in [0.15, 0.2) is 11.6 Å². The molecule has 0 saturated carbocycles. The van der Waals surface area contributed by atoms with Gasteiger partial charge in [-0.25, -0.2) is 9.78 Å². The van der Waals surface area contributed by atoms with Crippen molar-refractivity contribution in [3.63, 3.8) is 0 Å². The molecule has 0 aliphatic rings. The van der Waals surface area contributed by atoms with Crippen LogP contribution in [0.5, 0.6) is 5.75 Å². The van der Waals surface area contributed by atoms with Crippen molar-refractivity contribution in [1.29, 1.82) is 0 Å². The number of aromatic amines is 1. The van der Waals surface area contributed by atoms with Crippen LogP contribution in [0.25, 0.3) is 10.9 Å². The van der Waals surface area contributed by atoms with E-state index in [0.717, 1.165) is 16.9 Å². The minimum Gasteiger partial charge on any atom is -0.497 e. The smallest absolute Gasteiger partial charge is 0.338 e. The van der Waals surface area contributed by atoms with Gasteiger partial charge in [-0.15, -0.1) is 0 Å². The summed E-state index contributed by atoms with van der Waals surface area (Å²) >= 11 is 0. The van der Waals surface area contributed by atoms with E-state index in [1.807, 2.05) is 24.3 Å². The zero-order valence-electron chi connectivity index (χ0n) is 20.8. The van der Waals surface area contributed by atoms with Crippen LogP contribution in [0.4, 0.5) is 0 Å². The molecule has 0 amide bonds. The van der Waals surface area contributed by atoms with Crippen molar-refractivity contribution in [2.45, 2.75) is 33.0 Å². The Kier molecular flexibility index (Phi) is 8.43. The van der Waals surface area contributed by atoms with Crippen molar-refractivity contribution in [2.24, 2.45) is 0 Å². The Morgan fingerprint density at radius 2 is 1.73 bits per heavy atom. The second-order valence-electron chi connectivity index (χ2n) is 8.41. The molecule has 1 N–H and O–H groups in total. The molecule has 0 spiro atoms. The molecule has 8 heteroatoms. The second-order valence-corrected chi connectivity index (χ2v) is 8.41. The number of Topliss-reactive ketones (excluding diaryl/α,β-unsaturated/α-hetero) is 1. The molecule has 0 aliphatic heterocycles. The van der Waals surface area contributed by atoms with E-state index in [1.54, 1.807) is 56.5 Å². The first-order chi connectivity index (χ1) is 18.0. The molecule has 0 unspecified atom stereocenters. The van der Waals surface area contributed by atoms with E-state index in [9.17, 15) is 14.4 Å². The zero-order valence-corrected chi connectivity index (χ0v) is 20.8. The summed E-state index contributed by atoms with van der Waals surface area (Å²) in [7, 11) is 1.60. The molecule has 1 heterocycles. The van der Waals surface area contributed by atoms with E-state index in [-0.39, 0.29) is 36.2 Å². The van der Waals surface area contributed by atoms with Crippen molar-refractivity contribution >= 4 is 22.7 Å². The van der Waals surface area contributed by atoms with Crippen molar-refractivity contribution in [1.82, 2.24) is 9.97 Å². The fourth-order valence-corrected chi connectivity index (χ4v) is 3.95. The number of nitrogens with one attached hydrogen (secondary N) is 1. The number of fused-ring (bicyclic) bond motifs is 1. The van der Waals surface area contributed by atoms with E-state index in [0.29, 0.717) is 41.7 Å². The fourth-order valence-electron chi connectivity index (χ4n) is 3.95. The molecule has 190 valence electrons. The summed E-state index contributed by atoms with van der Waals surface area (Å²) in [5.74, 6) is 0.163. The number of esters is 1. The standard InChI is InChI=1S/C29H28N2O6/c1-3-37-29(34)21-13-10-20(11-14-21)17-36-18-22-7-5-9-24-26(22)28(33)31-27(30-24)25(32)15-12-19-6-4-8-23(16-19)35-2/h4-11,13-14,16H,3,12,15,17-18H2,1-2H3,(H,30,31,33). The molecule has 0 bridgehead atoms. The van der Waals surface area contributed by atoms with Crippen LogP contribution in [0.3, 0.4) is 0 Å². The van der Waals surface area contributed by atoms with Gasteiger partial charge in [0.1, 0.15) is 5.75 Å². The van der Waals surface area contributed by atoms with Crippen LogP contribution in [0.1, 0.15) is 51.0 Å². The molecule has 1 aromatic heterocycles. The first-order valence-corrected chi connectivity index (χ1v) is 12.0. The van der Waals surface area contributed by atoms with E-state index < -0.39 is 0 Å². The van der Waals surface area contributed by atoms with Crippen molar-refractivity contribution in [3.05, 3.63) is 105 Å². The first-order valence-electron chi connectivity index (χ1n) is 12.0. The Hall–Kier alpha value is -4.30. The van der Waals surface area contributed by atoms with E-state index in [1.165, 1.54) is 0 Å². The lowest BCUT2D eigenvalue weighted by atomic mass is 10.1. The highest BCUT2D eigenvalue weighted by atomic mass is 16.5. The number of carbonyl (C=O) groups is 2. The van der Waals surface area contributed by atoms with E-state index >= 15 is 0 Å². The third-order valence-corrected chi connectivity index (χ3v) is 5.85. The SMILES string of the molecule is CCOC(=O)c1ccc(COCc2cccc3nc(C(=O)CCc4cccc(OC)c4)[nH]c(=O)c23)cc1. The Bertz CT molecular complexity index is 1460. The Morgan fingerprint density at radius 1 is 0.946 bits per heavy atom. The summed E-state index contributed by atoms with van der Waals surface area (Å²) in [4.78, 5) is 44.5. The average molecular weight is 501 g/mol. The molecule has 37 heavy (non-hydrogen) atoms. The largest absolute Gasteiger partial charge is 0.497 e. The zero-order chi connectivity index (χ0) is 26.2. The van der Waals surface area contributed by atoms with Gasteiger partial charge in [0.2, 0.25) is 0 Å². The molecule has 0 aliphatic carbocycles. The minimum absolute atomic E-state index is 0.0418. The van der Waals surface area contributed by atoms with Crippen molar-refractivity contribution in [2.75, 3.05) is 13.7 Å². The fraction of sp³-hybridized carbons (Fsp3) is 0.241. The molecule has 0 fully saturated rings. The minimum atomic E-state index is -0.382. The van der Waals surface area contributed by atoms with Crippen LogP contribution < -0.4 is 10.3 Å². The lowest BCUT2D eigenvalue weighted by Gasteiger charge is -2.09. The van der Waals surface area contributed by atoms with E-state index in [4.69, 9.17) is 14.2 Å². The van der Waals surface area contributed by atoms with Gasteiger partial charge in [0, 0.05) is 6.42 Å². The summed E-state index contributed by atoms with van der Waals surface area (Å²) < 4.78 is 16.0. The average Bonchev–Trinajstić information content (AvgIpc) is 2.92. The van der Waals surface area contributed by atoms with Crippen LogP contribution in [-0.4, -0.2) is 35.4 Å². The summed E-state index contributed by atoms with van der Waals surface area (Å²) in [5.41, 5.74) is 3.05. The van der Waals surface area contributed by atoms with Gasteiger partial charge in [-0.05, 0) is 60.4 Å². The second kappa shape index (κ2) is 12.1. The maximum Gasteiger partial charge on any atom is 0.338 e. The summed E-state index contributed by atoms with van der Waals surface area (Å²) in [6.07, 6.45) is 0.714. The third kappa shape index (κ3) is 6.48. The molecule has 0 saturated heterocycles. The number of ether oxygens (including phenoxy) is 3. The number of methoxy groups -OCH3 is 1. The Balaban J connectivity index is 1.41. The van der Waals surface area contributed by atoms with Gasteiger partial charge in [-0.1, -0.05) is 36.4 Å². The van der Waals surface area contributed by atoms with Crippen molar-refractivity contribution < 1.29 is 23.8 Å². The maximum atomic E-state index is 12.9. The number of hydrogen-bond acceptors (Lipinski definition) is 7.